The number of nitrogens with zero attached hydrogens (tertiary/aromatic N) is 1. The van der Waals surface area contributed by atoms with Crippen molar-refractivity contribution in [3.05, 3.63) is 23.8 Å². The fraction of sp³-hybridized carbons (Fsp3) is 0.417. The highest BCUT2D eigenvalue weighted by Crippen LogP contribution is 2.30. The molecule has 1 aliphatic heterocycles. The van der Waals surface area contributed by atoms with E-state index in [0.717, 1.165) is 23.5 Å². The summed E-state index contributed by atoms with van der Waals surface area (Å²) in [7, 11) is 1.76. The van der Waals surface area contributed by atoms with Crippen LogP contribution >= 0.6 is 15.9 Å². The third kappa shape index (κ3) is 3.12. The summed E-state index contributed by atoms with van der Waals surface area (Å²) in [4.78, 5) is 12.5. The smallest absolute Gasteiger partial charge is 0.289 e. The fourth-order valence-corrected chi connectivity index (χ4v) is 1.81. The van der Waals surface area contributed by atoms with E-state index in [1.54, 1.807) is 11.9 Å². The van der Waals surface area contributed by atoms with Crippen molar-refractivity contribution in [2.24, 2.45) is 0 Å². The average molecular weight is 300 g/mol. The Hall–Kier alpha value is -1.23. The Morgan fingerprint density at radius 1 is 1.35 bits per heavy atom. The molecule has 1 aliphatic rings. The number of halogens is 1. The van der Waals surface area contributed by atoms with Crippen LogP contribution in [0.5, 0.6) is 11.5 Å². The number of carbonyl (C=O) groups is 1. The van der Waals surface area contributed by atoms with Crippen LogP contribution in [0.3, 0.4) is 0 Å². The van der Waals surface area contributed by atoms with Gasteiger partial charge in [0.25, 0.3) is 4.82 Å². The number of ether oxygens (including phenoxy) is 2. The molecule has 0 atom stereocenters. The minimum absolute atomic E-state index is 0.102. The molecule has 0 saturated heterocycles. The lowest BCUT2D eigenvalue weighted by atomic mass is 10.1. The van der Waals surface area contributed by atoms with Crippen molar-refractivity contribution in [3.8, 4) is 11.5 Å². The largest absolute Gasteiger partial charge is 0.486 e. The molecule has 0 unspecified atom stereocenters. The number of benzene rings is 1. The molecule has 92 valence electrons. The molecule has 0 N–H and O–H groups in total. The van der Waals surface area contributed by atoms with Gasteiger partial charge >= 0.3 is 0 Å². The van der Waals surface area contributed by atoms with Crippen LogP contribution in [0.2, 0.25) is 0 Å². The molecule has 0 radical (unpaired) electrons. The van der Waals surface area contributed by atoms with E-state index in [-0.39, 0.29) is 4.82 Å². The first-order chi connectivity index (χ1) is 8.16. The van der Waals surface area contributed by atoms with Crippen LogP contribution in [0.15, 0.2) is 18.2 Å². The average Bonchev–Trinajstić information content (AvgIpc) is 2.35. The lowest BCUT2D eigenvalue weighted by molar-refractivity contribution is 0.171. The van der Waals surface area contributed by atoms with E-state index in [1.807, 2.05) is 18.2 Å². The second-order valence-corrected chi connectivity index (χ2v) is 4.58. The van der Waals surface area contributed by atoms with Crippen molar-refractivity contribution in [3.63, 3.8) is 0 Å². The Morgan fingerprint density at radius 2 is 2.06 bits per heavy atom. The van der Waals surface area contributed by atoms with E-state index in [4.69, 9.17) is 9.47 Å². The zero-order valence-electron chi connectivity index (χ0n) is 9.61. The number of rotatable bonds is 3. The molecule has 1 heterocycles. The summed E-state index contributed by atoms with van der Waals surface area (Å²) in [5.74, 6) is 1.59. The maximum Gasteiger partial charge on any atom is 0.289 e. The molecule has 1 amide bonds. The molecule has 0 saturated carbocycles. The second-order valence-electron chi connectivity index (χ2n) is 3.90. The maximum absolute atomic E-state index is 11.0. The van der Waals surface area contributed by atoms with Crippen molar-refractivity contribution in [2.45, 2.75) is 6.42 Å². The summed E-state index contributed by atoms with van der Waals surface area (Å²) in [6.07, 6.45) is 0.796. The van der Waals surface area contributed by atoms with E-state index >= 15 is 0 Å². The van der Waals surface area contributed by atoms with Gasteiger partial charge in [-0.2, -0.15) is 0 Å². The summed E-state index contributed by atoms with van der Waals surface area (Å²) in [6.45, 7) is 1.87. The van der Waals surface area contributed by atoms with Gasteiger partial charge in [-0.25, -0.2) is 0 Å². The SMILES string of the molecule is CN(CCc1ccc2c(c1)OCCO2)C(=O)Br. The lowest BCUT2D eigenvalue weighted by Gasteiger charge is -2.19. The predicted molar refractivity (Wildman–Crippen MR) is 68.1 cm³/mol. The predicted octanol–water partition coefficient (Wildman–Crippen LogP) is 2.45. The van der Waals surface area contributed by atoms with E-state index in [9.17, 15) is 4.79 Å². The van der Waals surface area contributed by atoms with Gasteiger partial charge in [0.05, 0.1) is 0 Å². The van der Waals surface area contributed by atoms with Gasteiger partial charge < -0.3 is 14.4 Å². The first-order valence-corrected chi connectivity index (χ1v) is 6.25. The maximum atomic E-state index is 11.0. The van der Waals surface area contributed by atoms with Crippen LogP contribution in [-0.4, -0.2) is 36.5 Å². The topological polar surface area (TPSA) is 38.8 Å². The van der Waals surface area contributed by atoms with Crippen LogP contribution in [0.1, 0.15) is 5.56 Å². The van der Waals surface area contributed by atoms with Crippen LogP contribution in [0.4, 0.5) is 4.79 Å². The van der Waals surface area contributed by atoms with Crippen molar-refractivity contribution in [1.82, 2.24) is 4.90 Å². The van der Waals surface area contributed by atoms with Crippen LogP contribution in [-0.2, 0) is 6.42 Å². The van der Waals surface area contributed by atoms with Gasteiger partial charge in [0.1, 0.15) is 13.2 Å². The standard InChI is InChI=1S/C12H14BrNO3/c1-14(12(13)15)5-4-9-2-3-10-11(8-9)17-7-6-16-10/h2-3,8H,4-7H2,1H3. The molecule has 0 fully saturated rings. The number of hydrogen-bond donors (Lipinski definition) is 0. The van der Waals surface area contributed by atoms with E-state index < -0.39 is 0 Å². The van der Waals surface area contributed by atoms with Crippen molar-refractivity contribution in [1.29, 1.82) is 0 Å². The normalized spacial score (nSPS) is 13.3. The highest BCUT2D eigenvalue weighted by Gasteiger charge is 2.12. The third-order valence-electron chi connectivity index (χ3n) is 2.64. The van der Waals surface area contributed by atoms with Gasteiger partial charge in [-0.3, -0.25) is 4.79 Å². The molecule has 0 aromatic heterocycles. The molecule has 1 aromatic carbocycles. The van der Waals surface area contributed by atoms with Crippen LogP contribution < -0.4 is 9.47 Å². The summed E-state index contributed by atoms with van der Waals surface area (Å²) >= 11 is 2.92. The van der Waals surface area contributed by atoms with Gasteiger partial charge in [0, 0.05) is 29.5 Å². The molecule has 0 bridgehead atoms. The Kier molecular flexibility index (Phi) is 3.89. The number of amides is 1. The molecule has 5 heteroatoms. The summed E-state index contributed by atoms with van der Waals surface area (Å²) in [5, 5.41) is 0. The van der Waals surface area contributed by atoms with E-state index in [1.165, 1.54) is 0 Å². The van der Waals surface area contributed by atoms with Crippen molar-refractivity contribution in [2.75, 3.05) is 26.8 Å². The Labute approximate surface area is 109 Å². The molecular formula is C12H14BrNO3. The summed E-state index contributed by atoms with van der Waals surface area (Å²) < 4.78 is 10.9. The number of hydrogen-bond acceptors (Lipinski definition) is 3. The number of likely N-dealkylation sites (N-methyl/N-ethyl adjacent to an activating group) is 1. The van der Waals surface area contributed by atoms with E-state index in [0.29, 0.717) is 19.8 Å². The number of carbonyl (C=O) groups excluding carboxylic acids is 1. The van der Waals surface area contributed by atoms with Gasteiger partial charge in [-0.05, 0) is 24.1 Å². The summed E-state index contributed by atoms with van der Waals surface area (Å²) in [6, 6.07) is 5.89. The third-order valence-corrected chi connectivity index (χ3v) is 3.25. The molecule has 4 nitrogen and oxygen atoms in total. The molecule has 2 rings (SSSR count). The second kappa shape index (κ2) is 5.40. The first-order valence-electron chi connectivity index (χ1n) is 5.46. The zero-order valence-corrected chi connectivity index (χ0v) is 11.2. The minimum Gasteiger partial charge on any atom is -0.486 e. The molecular weight excluding hydrogens is 286 g/mol. The molecule has 1 aromatic rings. The first kappa shape index (κ1) is 12.2. The lowest BCUT2D eigenvalue weighted by Crippen LogP contribution is -2.23. The highest BCUT2D eigenvalue weighted by molar-refractivity contribution is 9.18. The number of fused-ring (bicyclic) bond motifs is 1. The Bertz CT molecular complexity index is 422. The molecule has 17 heavy (non-hydrogen) atoms. The Morgan fingerprint density at radius 3 is 2.76 bits per heavy atom. The Balaban J connectivity index is 2.00. The van der Waals surface area contributed by atoms with Gasteiger partial charge in [0.15, 0.2) is 11.5 Å². The van der Waals surface area contributed by atoms with Gasteiger partial charge in [-0.1, -0.05) is 6.07 Å². The van der Waals surface area contributed by atoms with Gasteiger partial charge in [-0.15, -0.1) is 0 Å². The molecule has 0 aliphatic carbocycles. The van der Waals surface area contributed by atoms with Crippen molar-refractivity contribution < 1.29 is 14.3 Å². The van der Waals surface area contributed by atoms with Crippen molar-refractivity contribution >= 4 is 20.7 Å². The van der Waals surface area contributed by atoms with Gasteiger partial charge in [0.2, 0.25) is 0 Å². The fourth-order valence-electron chi connectivity index (χ4n) is 1.63. The highest BCUT2D eigenvalue weighted by atomic mass is 79.9. The zero-order chi connectivity index (χ0) is 12.3. The summed E-state index contributed by atoms with van der Waals surface area (Å²) in [5.41, 5.74) is 1.13. The quantitative estimate of drug-likeness (QED) is 0.636. The van der Waals surface area contributed by atoms with Crippen LogP contribution in [0.25, 0.3) is 0 Å². The van der Waals surface area contributed by atoms with Crippen LogP contribution in [0, 0.1) is 0 Å². The monoisotopic (exact) mass is 299 g/mol. The molecule has 0 spiro atoms. The minimum atomic E-state index is -0.102. The van der Waals surface area contributed by atoms with E-state index in [2.05, 4.69) is 15.9 Å².